The SMILES string of the molecule is O=C1c2ccccc2C(=O)c2c1ccc1c2[C@@H]2C=CC[C@@H]2[C@H](c2cccc([N+](=O)[O-])c2)N1. The van der Waals surface area contributed by atoms with E-state index in [1.165, 1.54) is 6.07 Å². The first-order valence-corrected chi connectivity index (χ1v) is 10.6. The fourth-order valence-electron chi connectivity index (χ4n) is 5.45. The largest absolute Gasteiger partial charge is 0.378 e. The van der Waals surface area contributed by atoms with E-state index in [-0.39, 0.29) is 40.1 Å². The summed E-state index contributed by atoms with van der Waals surface area (Å²) >= 11 is 0. The Kier molecular flexibility index (Phi) is 3.92. The fourth-order valence-corrected chi connectivity index (χ4v) is 5.45. The van der Waals surface area contributed by atoms with Crippen LogP contribution in [0, 0.1) is 16.0 Å². The van der Waals surface area contributed by atoms with E-state index in [2.05, 4.69) is 17.5 Å². The minimum absolute atomic E-state index is 0.0486. The van der Waals surface area contributed by atoms with Crippen molar-refractivity contribution in [3.05, 3.63) is 116 Å². The van der Waals surface area contributed by atoms with Crippen molar-refractivity contribution in [3.63, 3.8) is 0 Å². The monoisotopic (exact) mass is 422 g/mol. The van der Waals surface area contributed by atoms with Crippen LogP contribution in [0.3, 0.4) is 0 Å². The first-order chi connectivity index (χ1) is 15.5. The zero-order valence-electron chi connectivity index (χ0n) is 16.9. The molecular formula is C26H18N2O4. The van der Waals surface area contributed by atoms with Gasteiger partial charge in [-0.15, -0.1) is 0 Å². The molecule has 3 aliphatic rings. The summed E-state index contributed by atoms with van der Waals surface area (Å²) in [4.78, 5) is 37.6. The lowest BCUT2D eigenvalue weighted by molar-refractivity contribution is -0.384. The van der Waals surface area contributed by atoms with Crippen LogP contribution in [0.25, 0.3) is 0 Å². The number of non-ortho nitro benzene ring substituents is 1. The van der Waals surface area contributed by atoms with Gasteiger partial charge in [-0.05, 0) is 35.6 Å². The van der Waals surface area contributed by atoms with Crippen molar-refractivity contribution in [1.29, 1.82) is 0 Å². The van der Waals surface area contributed by atoms with Gasteiger partial charge < -0.3 is 5.32 Å². The van der Waals surface area contributed by atoms with Gasteiger partial charge in [0.05, 0.1) is 11.0 Å². The van der Waals surface area contributed by atoms with Gasteiger partial charge >= 0.3 is 0 Å². The highest BCUT2D eigenvalue weighted by Crippen LogP contribution is 2.52. The van der Waals surface area contributed by atoms with Gasteiger partial charge in [0.1, 0.15) is 0 Å². The number of fused-ring (bicyclic) bond motifs is 6. The van der Waals surface area contributed by atoms with Crippen molar-refractivity contribution in [1.82, 2.24) is 0 Å². The van der Waals surface area contributed by atoms with Gasteiger partial charge in [0, 0.05) is 46.0 Å². The fraction of sp³-hybridized carbons (Fsp3) is 0.154. The number of hydrogen-bond acceptors (Lipinski definition) is 5. The van der Waals surface area contributed by atoms with Crippen molar-refractivity contribution >= 4 is 22.9 Å². The molecule has 3 aromatic carbocycles. The molecule has 0 radical (unpaired) electrons. The number of carbonyl (C=O) groups excluding carboxylic acids is 2. The third-order valence-corrected chi connectivity index (χ3v) is 6.86. The van der Waals surface area contributed by atoms with E-state index in [0.29, 0.717) is 22.3 Å². The van der Waals surface area contributed by atoms with E-state index < -0.39 is 0 Å². The molecule has 1 N–H and O–H groups in total. The Balaban J connectivity index is 1.51. The van der Waals surface area contributed by atoms with Gasteiger partial charge in [0.25, 0.3) is 5.69 Å². The second kappa shape index (κ2) is 6.72. The first kappa shape index (κ1) is 18.7. The Bertz CT molecular complexity index is 1370. The summed E-state index contributed by atoms with van der Waals surface area (Å²) in [6, 6.07) is 17.1. The van der Waals surface area contributed by atoms with Crippen LogP contribution in [0.4, 0.5) is 11.4 Å². The number of anilines is 1. The minimum Gasteiger partial charge on any atom is -0.378 e. The predicted molar refractivity (Wildman–Crippen MR) is 119 cm³/mol. The third kappa shape index (κ3) is 2.52. The first-order valence-electron chi connectivity index (χ1n) is 10.6. The molecule has 0 fully saturated rings. The Hall–Kier alpha value is -4.06. The van der Waals surface area contributed by atoms with Gasteiger partial charge in [-0.2, -0.15) is 0 Å². The van der Waals surface area contributed by atoms with Gasteiger partial charge in [-0.25, -0.2) is 0 Å². The lowest BCUT2D eigenvalue weighted by Gasteiger charge is -2.39. The van der Waals surface area contributed by atoms with Crippen molar-refractivity contribution in [2.75, 3.05) is 5.32 Å². The molecule has 3 aromatic rings. The van der Waals surface area contributed by atoms with E-state index in [1.54, 1.807) is 42.5 Å². The second-order valence-electron chi connectivity index (χ2n) is 8.48. The van der Waals surface area contributed by atoms with Gasteiger partial charge in [-0.3, -0.25) is 19.7 Å². The van der Waals surface area contributed by atoms with Gasteiger partial charge in [-0.1, -0.05) is 48.6 Å². The van der Waals surface area contributed by atoms with E-state index >= 15 is 0 Å². The molecule has 6 heteroatoms. The summed E-state index contributed by atoms with van der Waals surface area (Å²) in [5.41, 5.74) is 4.37. The lowest BCUT2D eigenvalue weighted by Crippen LogP contribution is -2.32. The smallest absolute Gasteiger partial charge is 0.269 e. The van der Waals surface area contributed by atoms with Crippen LogP contribution in [-0.4, -0.2) is 16.5 Å². The van der Waals surface area contributed by atoms with Gasteiger partial charge in [0.15, 0.2) is 11.6 Å². The molecule has 32 heavy (non-hydrogen) atoms. The van der Waals surface area contributed by atoms with Crippen LogP contribution < -0.4 is 5.32 Å². The maximum atomic E-state index is 13.5. The number of nitro benzene ring substituents is 1. The number of hydrogen-bond donors (Lipinski definition) is 1. The van der Waals surface area contributed by atoms with E-state index in [4.69, 9.17) is 0 Å². The summed E-state index contributed by atoms with van der Waals surface area (Å²) in [5, 5.41) is 14.8. The molecule has 0 bridgehead atoms. The zero-order valence-corrected chi connectivity index (χ0v) is 16.9. The number of carbonyl (C=O) groups is 2. The Morgan fingerprint density at radius 3 is 2.47 bits per heavy atom. The van der Waals surface area contributed by atoms with Crippen LogP contribution in [0.1, 0.15) is 61.4 Å². The maximum Gasteiger partial charge on any atom is 0.269 e. The van der Waals surface area contributed by atoms with E-state index in [9.17, 15) is 19.7 Å². The molecule has 0 saturated carbocycles. The summed E-state index contributed by atoms with van der Waals surface area (Å²) in [6.45, 7) is 0. The predicted octanol–water partition coefficient (Wildman–Crippen LogP) is 5.20. The van der Waals surface area contributed by atoms with E-state index in [0.717, 1.165) is 23.2 Å². The normalized spacial score (nSPS) is 22.4. The van der Waals surface area contributed by atoms with Crippen molar-refractivity contribution < 1.29 is 14.5 Å². The maximum absolute atomic E-state index is 13.5. The summed E-state index contributed by atoms with van der Waals surface area (Å²) in [7, 11) is 0. The van der Waals surface area contributed by atoms with Crippen molar-refractivity contribution in [2.24, 2.45) is 5.92 Å². The molecule has 1 aliphatic heterocycles. The molecule has 2 aliphatic carbocycles. The van der Waals surface area contributed by atoms with E-state index in [1.807, 2.05) is 12.1 Å². The molecule has 3 atom stereocenters. The van der Waals surface area contributed by atoms with Gasteiger partial charge in [0.2, 0.25) is 0 Å². The number of nitrogens with zero attached hydrogens (tertiary/aromatic N) is 1. The topological polar surface area (TPSA) is 89.3 Å². The summed E-state index contributed by atoms with van der Waals surface area (Å²) < 4.78 is 0. The highest BCUT2D eigenvalue weighted by molar-refractivity contribution is 6.29. The van der Waals surface area contributed by atoms with Crippen molar-refractivity contribution in [2.45, 2.75) is 18.4 Å². The lowest BCUT2D eigenvalue weighted by atomic mass is 9.71. The molecule has 6 rings (SSSR count). The summed E-state index contributed by atoms with van der Waals surface area (Å²) in [6.07, 6.45) is 4.99. The quantitative estimate of drug-likeness (QED) is 0.273. The Labute approximate surface area is 183 Å². The van der Waals surface area contributed by atoms with Crippen LogP contribution >= 0.6 is 0 Å². The molecule has 1 heterocycles. The number of ketones is 2. The average Bonchev–Trinajstić information content (AvgIpc) is 3.31. The zero-order chi connectivity index (χ0) is 22.0. The molecule has 0 aromatic heterocycles. The highest BCUT2D eigenvalue weighted by atomic mass is 16.6. The Morgan fingerprint density at radius 2 is 1.69 bits per heavy atom. The number of allylic oxidation sites excluding steroid dienone is 2. The minimum atomic E-state index is -0.386. The molecule has 0 spiro atoms. The van der Waals surface area contributed by atoms with Crippen molar-refractivity contribution in [3.8, 4) is 0 Å². The highest BCUT2D eigenvalue weighted by Gasteiger charge is 2.43. The molecule has 0 saturated heterocycles. The number of nitro groups is 1. The standard InChI is InChI=1S/C26H18N2O4/c29-25-18-7-1-2-8-19(18)26(30)23-20(25)11-12-21-22(23)16-9-4-10-17(16)24(27-21)14-5-3-6-15(13-14)28(31)32/h1-9,11-13,16-17,24,27H,10H2/t16-,17+,24+/m1/s1. The molecule has 0 unspecified atom stereocenters. The molecule has 6 nitrogen and oxygen atoms in total. The third-order valence-electron chi connectivity index (χ3n) is 6.86. The molecule has 0 amide bonds. The van der Waals surface area contributed by atoms with Crippen LogP contribution in [0.5, 0.6) is 0 Å². The number of benzene rings is 3. The average molecular weight is 422 g/mol. The van der Waals surface area contributed by atoms with Crippen LogP contribution in [-0.2, 0) is 0 Å². The number of nitrogens with one attached hydrogen (secondary N) is 1. The summed E-state index contributed by atoms with van der Waals surface area (Å²) in [5.74, 6) is -0.206. The van der Waals surface area contributed by atoms with Crippen LogP contribution in [0.15, 0.2) is 72.8 Å². The number of rotatable bonds is 2. The van der Waals surface area contributed by atoms with Crippen LogP contribution in [0.2, 0.25) is 0 Å². The Morgan fingerprint density at radius 1 is 0.906 bits per heavy atom. The molecular weight excluding hydrogens is 404 g/mol. The molecule has 156 valence electrons. The second-order valence-corrected chi connectivity index (χ2v) is 8.48.